The fraction of sp³-hybridized carbons (Fsp3) is 0.840. The second-order valence-electron chi connectivity index (χ2n) is 10.2. The number of carbonyl (C=O) groups excluding carboxylic acids is 4. The highest BCUT2D eigenvalue weighted by molar-refractivity contribution is 6.01. The zero-order valence-electron chi connectivity index (χ0n) is 21.6. The lowest BCUT2D eigenvalue weighted by Gasteiger charge is -2.54. The molecule has 10 nitrogen and oxygen atoms in total. The van der Waals surface area contributed by atoms with Crippen molar-refractivity contribution >= 4 is 23.6 Å². The maximum atomic E-state index is 13.7. The Kier molecular flexibility index (Phi) is 12.1. The van der Waals surface area contributed by atoms with Gasteiger partial charge in [-0.05, 0) is 70.5 Å². The largest absolute Gasteiger partial charge is 0.330 e. The molecule has 0 aromatic carbocycles. The Morgan fingerprint density at radius 1 is 0.829 bits per heavy atom. The third-order valence-corrected chi connectivity index (χ3v) is 6.95. The van der Waals surface area contributed by atoms with Crippen LogP contribution < -0.4 is 17.2 Å². The van der Waals surface area contributed by atoms with Gasteiger partial charge in [-0.25, -0.2) is 0 Å². The summed E-state index contributed by atoms with van der Waals surface area (Å²) in [4.78, 5) is 58.2. The smallest absolute Gasteiger partial charge is 0.252 e. The van der Waals surface area contributed by atoms with Crippen LogP contribution in [-0.2, 0) is 19.2 Å². The minimum atomic E-state index is -0.753. The van der Waals surface area contributed by atoms with Gasteiger partial charge in [0.1, 0.15) is 12.2 Å². The molecule has 0 aromatic rings. The maximum absolute atomic E-state index is 13.7. The fourth-order valence-corrected chi connectivity index (χ4v) is 5.07. The van der Waals surface area contributed by atoms with Crippen molar-refractivity contribution in [2.45, 2.75) is 90.3 Å². The summed E-state index contributed by atoms with van der Waals surface area (Å²) in [6.45, 7) is 5.87. The van der Waals surface area contributed by atoms with Crippen LogP contribution in [0.2, 0.25) is 0 Å². The first kappa shape index (κ1) is 29.2. The fourth-order valence-electron chi connectivity index (χ4n) is 5.07. The maximum Gasteiger partial charge on any atom is 0.252 e. The molecule has 2 aliphatic rings. The van der Waals surface area contributed by atoms with Crippen molar-refractivity contribution in [2.75, 3.05) is 32.7 Å². The van der Waals surface area contributed by atoms with Crippen LogP contribution in [0.1, 0.15) is 78.1 Å². The summed E-state index contributed by atoms with van der Waals surface area (Å²) in [5.41, 5.74) is 16.8. The molecule has 0 aromatic heterocycles. The van der Waals surface area contributed by atoms with E-state index in [0.717, 1.165) is 19.3 Å². The molecule has 0 aliphatic carbocycles. The van der Waals surface area contributed by atoms with Gasteiger partial charge in [0.05, 0.1) is 12.5 Å². The second-order valence-corrected chi connectivity index (χ2v) is 10.2. The summed E-state index contributed by atoms with van der Waals surface area (Å²) in [5, 5.41) is 0. The third-order valence-electron chi connectivity index (χ3n) is 6.95. The van der Waals surface area contributed by atoms with Crippen molar-refractivity contribution < 1.29 is 19.2 Å². The van der Waals surface area contributed by atoms with Gasteiger partial charge in [-0.15, -0.1) is 0 Å². The molecule has 4 amide bonds. The molecular weight excluding hydrogens is 448 g/mol. The van der Waals surface area contributed by atoms with Crippen molar-refractivity contribution in [3.8, 4) is 0 Å². The average Bonchev–Trinajstić information content (AvgIpc) is 2.81. The van der Waals surface area contributed by atoms with Gasteiger partial charge in [-0.2, -0.15) is 0 Å². The molecule has 2 saturated heterocycles. The molecule has 10 heteroatoms. The van der Waals surface area contributed by atoms with E-state index >= 15 is 0 Å². The van der Waals surface area contributed by atoms with Gasteiger partial charge in [0, 0.05) is 19.4 Å². The lowest BCUT2D eigenvalue weighted by Crippen LogP contribution is -2.73. The molecule has 35 heavy (non-hydrogen) atoms. The molecule has 2 aliphatic heterocycles. The number of amides is 4. The van der Waals surface area contributed by atoms with Gasteiger partial charge in [0.15, 0.2) is 0 Å². The zero-order valence-corrected chi connectivity index (χ0v) is 21.6. The normalized spacial score (nSPS) is 22.7. The Morgan fingerprint density at radius 3 is 1.97 bits per heavy atom. The molecular formula is C25H46N6O4. The first-order valence-electron chi connectivity index (χ1n) is 13.3. The van der Waals surface area contributed by atoms with Crippen LogP contribution in [-0.4, -0.2) is 83.3 Å². The van der Waals surface area contributed by atoms with E-state index in [4.69, 9.17) is 17.2 Å². The van der Waals surface area contributed by atoms with E-state index in [1.165, 1.54) is 4.90 Å². The molecule has 6 N–H and O–H groups in total. The number of nitrogens with two attached hydrogens (primary N) is 3. The van der Waals surface area contributed by atoms with E-state index in [9.17, 15) is 19.2 Å². The van der Waals surface area contributed by atoms with E-state index in [1.54, 1.807) is 9.80 Å². The molecule has 0 unspecified atom stereocenters. The number of rotatable bonds is 14. The number of imide groups is 1. The number of fused-ring (bicyclic) bond motifs is 1. The average molecular weight is 495 g/mol. The van der Waals surface area contributed by atoms with Gasteiger partial charge >= 0.3 is 0 Å². The molecule has 0 spiro atoms. The minimum absolute atomic E-state index is 0.0266. The lowest BCUT2D eigenvalue weighted by atomic mass is 9.90. The Morgan fingerprint density at radius 2 is 1.40 bits per heavy atom. The molecule has 3 atom stereocenters. The summed E-state index contributed by atoms with van der Waals surface area (Å²) in [6, 6.07) is -0.753. The van der Waals surface area contributed by atoms with Gasteiger partial charge in [0.2, 0.25) is 17.7 Å². The molecule has 200 valence electrons. The van der Waals surface area contributed by atoms with E-state index in [-0.39, 0.29) is 48.4 Å². The monoisotopic (exact) mass is 494 g/mol. The van der Waals surface area contributed by atoms with E-state index in [1.807, 2.05) is 13.8 Å². The van der Waals surface area contributed by atoms with Crippen molar-refractivity contribution in [3.63, 3.8) is 0 Å². The molecule has 0 bridgehead atoms. The topological polar surface area (TPSA) is 156 Å². The quantitative estimate of drug-likeness (QED) is 0.301. The number of nitrogens with zero attached hydrogens (tertiary/aromatic N) is 3. The zero-order chi connectivity index (χ0) is 26.0. The van der Waals surface area contributed by atoms with E-state index in [2.05, 4.69) is 0 Å². The lowest BCUT2D eigenvalue weighted by molar-refractivity contribution is -0.183. The summed E-state index contributed by atoms with van der Waals surface area (Å²) >= 11 is 0. The molecule has 2 fully saturated rings. The van der Waals surface area contributed by atoms with Crippen LogP contribution in [0.3, 0.4) is 0 Å². The molecule has 0 saturated carbocycles. The van der Waals surface area contributed by atoms with Crippen LogP contribution in [0.4, 0.5) is 0 Å². The number of unbranched alkanes of at least 4 members (excludes halogenated alkanes) is 3. The molecule has 2 rings (SSSR count). The second kappa shape index (κ2) is 14.5. The highest BCUT2D eigenvalue weighted by atomic mass is 16.2. The molecule has 2 heterocycles. The van der Waals surface area contributed by atoms with Crippen LogP contribution in [0.15, 0.2) is 0 Å². The van der Waals surface area contributed by atoms with Gasteiger partial charge < -0.3 is 27.0 Å². The van der Waals surface area contributed by atoms with Crippen molar-refractivity contribution in [3.05, 3.63) is 0 Å². The van der Waals surface area contributed by atoms with Crippen LogP contribution in [0.5, 0.6) is 0 Å². The van der Waals surface area contributed by atoms with Gasteiger partial charge in [-0.3, -0.25) is 24.1 Å². The summed E-state index contributed by atoms with van der Waals surface area (Å²) < 4.78 is 0. The van der Waals surface area contributed by atoms with Crippen molar-refractivity contribution in [1.82, 2.24) is 14.7 Å². The van der Waals surface area contributed by atoms with Crippen LogP contribution in [0, 0.1) is 11.8 Å². The highest BCUT2D eigenvalue weighted by Gasteiger charge is 2.52. The van der Waals surface area contributed by atoms with Gasteiger partial charge in [0.25, 0.3) is 5.91 Å². The number of hydrogen-bond acceptors (Lipinski definition) is 7. The number of piperazine rings is 1. The standard InChI is InChI=1S/C25H46N6O4/c1-18(2)15-20-25(35)30(23(33)11-5-8-14-28)17-21-29(22(32)10-4-7-13-27)16-19(9-3-6-12-26)24(34)31(20)21/h18-21H,3-17,26-28H2,1-2H3/t19-,20-,21-/m1/s1. The summed E-state index contributed by atoms with van der Waals surface area (Å²) in [7, 11) is 0. The predicted molar refractivity (Wildman–Crippen MR) is 135 cm³/mol. The van der Waals surface area contributed by atoms with Crippen LogP contribution in [0.25, 0.3) is 0 Å². The Balaban J connectivity index is 2.37. The van der Waals surface area contributed by atoms with Crippen LogP contribution >= 0.6 is 0 Å². The number of carbonyl (C=O) groups is 4. The van der Waals surface area contributed by atoms with Crippen molar-refractivity contribution in [1.29, 1.82) is 0 Å². The third kappa shape index (κ3) is 7.72. The summed E-state index contributed by atoms with van der Waals surface area (Å²) in [5.74, 6) is -0.976. The first-order valence-corrected chi connectivity index (χ1v) is 13.3. The Labute approximate surface area is 209 Å². The number of hydrogen-bond donors (Lipinski definition) is 3. The van der Waals surface area contributed by atoms with Gasteiger partial charge in [-0.1, -0.05) is 20.3 Å². The Hall–Kier alpha value is -2.04. The predicted octanol–water partition coefficient (Wildman–Crippen LogP) is 0.770. The van der Waals surface area contributed by atoms with E-state index in [0.29, 0.717) is 64.7 Å². The Bertz CT molecular complexity index is 731. The summed E-state index contributed by atoms with van der Waals surface area (Å²) in [6.07, 6.45) is 5.30. The first-order chi connectivity index (χ1) is 16.8. The van der Waals surface area contributed by atoms with Crippen molar-refractivity contribution in [2.24, 2.45) is 29.0 Å². The molecule has 0 radical (unpaired) electrons. The minimum Gasteiger partial charge on any atom is -0.330 e. The highest BCUT2D eigenvalue weighted by Crippen LogP contribution is 2.33. The SMILES string of the molecule is CC(C)C[C@@H]1C(=O)N(C(=O)CCCCN)C[C@@H]2N(C(=O)CCCCN)C[C@@H](CCCCN)C(=O)N12. The van der Waals surface area contributed by atoms with E-state index < -0.39 is 12.2 Å².